The van der Waals surface area contributed by atoms with Crippen LogP contribution in [0.3, 0.4) is 0 Å². The molecular weight excluding hydrogens is 414 g/mol. The van der Waals surface area contributed by atoms with Crippen LogP contribution in [0.4, 0.5) is 5.69 Å². The van der Waals surface area contributed by atoms with Gasteiger partial charge in [-0.05, 0) is 57.4 Å². The molecule has 0 saturated carbocycles. The minimum absolute atomic E-state index is 0.263. The molecule has 0 unspecified atom stereocenters. The second kappa shape index (κ2) is 9.02. The van der Waals surface area contributed by atoms with E-state index in [1.54, 1.807) is 4.68 Å². The lowest BCUT2D eigenvalue weighted by molar-refractivity contribution is -0.119. The van der Waals surface area contributed by atoms with E-state index in [9.17, 15) is 9.59 Å². The topological polar surface area (TPSA) is 81.8 Å². The lowest BCUT2D eigenvalue weighted by atomic mass is 10.1. The standard InChI is InChI=1S/C26H29N5O2/c1-6-19-10-8-9-11-21(19)27-25(32)22(7-2)31-26(33)24-23(17(4)28-31)18(5)30(29-24)20-14-12-16(3)13-15-20/h8-15,22H,6-7H2,1-5H3,(H,27,32)/t22-/m0/s1. The van der Waals surface area contributed by atoms with E-state index < -0.39 is 6.04 Å². The minimum Gasteiger partial charge on any atom is -0.324 e. The Morgan fingerprint density at radius 3 is 2.36 bits per heavy atom. The van der Waals surface area contributed by atoms with Crippen molar-refractivity contribution >= 4 is 22.5 Å². The summed E-state index contributed by atoms with van der Waals surface area (Å²) in [6.07, 6.45) is 1.22. The second-order valence-corrected chi connectivity index (χ2v) is 8.32. The number of rotatable bonds is 6. The number of aromatic nitrogens is 4. The number of amides is 1. The van der Waals surface area contributed by atoms with Crippen molar-refractivity contribution in [1.82, 2.24) is 19.6 Å². The normalized spacial score (nSPS) is 12.2. The second-order valence-electron chi connectivity index (χ2n) is 8.32. The molecule has 0 aliphatic carbocycles. The van der Waals surface area contributed by atoms with Crippen molar-refractivity contribution < 1.29 is 4.79 Å². The molecule has 0 radical (unpaired) electrons. The highest BCUT2D eigenvalue weighted by Crippen LogP contribution is 2.23. The number of nitrogens with one attached hydrogen (secondary N) is 1. The van der Waals surface area contributed by atoms with E-state index in [0.29, 0.717) is 17.6 Å². The van der Waals surface area contributed by atoms with Crippen molar-refractivity contribution in [3.05, 3.63) is 81.4 Å². The molecule has 0 fully saturated rings. The zero-order chi connectivity index (χ0) is 23.7. The average Bonchev–Trinajstić information content (AvgIpc) is 3.16. The number of anilines is 1. The van der Waals surface area contributed by atoms with Crippen LogP contribution in [-0.2, 0) is 11.2 Å². The predicted molar refractivity (Wildman–Crippen MR) is 131 cm³/mol. The highest BCUT2D eigenvalue weighted by molar-refractivity contribution is 5.94. The van der Waals surface area contributed by atoms with Gasteiger partial charge in [0.1, 0.15) is 6.04 Å². The van der Waals surface area contributed by atoms with Gasteiger partial charge in [0.25, 0.3) is 5.56 Å². The fraction of sp³-hybridized carbons (Fsp3) is 0.308. The Morgan fingerprint density at radius 2 is 1.70 bits per heavy atom. The van der Waals surface area contributed by atoms with Gasteiger partial charge in [-0.1, -0.05) is 49.7 Å². The summed E-state index contributed by atoms with van der Waals surface area (Å²) in [4.78, 5) is 26.7. The van der Waals surface area contributed by atoms with Gasteiger partial charge in [0, 0.05) is 5.69 Å². The van der Waals surface area contributed by atoms with Crippen molar-refractivity contribution in [3.8, 4) is 5.69 Å². The number of para-hydroxylation sites is 1. The summed E-state index contributed by atoms with van der Waals surface area (Å²) in [5.41, 5.74) is 5.29. The van der Waals surface area contributed by atoms with Crippen LogP contribution in [0.15, 0.2) is 53.3 Å². The first-order chi connectivity index (χ1) is 15.8. The fourth-order valence-corrected chi connectivity index (χ4v) is 4.24. The highest BCUT2D eigenvalue weighted by Gasteiger charge is 2.25. The highest BCUT2D eigenvalue weighted by atomic mass is 16.2. The molecule has 0 aliphatic rings. The minimum atomic E-state index is -0.740. The number of hydrogen-bond acceptors (Lipinski definition) is 4. The van der Waals surface area contributed by atoms with E-state index in [1.165, 1.54) is 4.68 Å². The summed E-state index contributed by atoms with van der Waals surface area (Å²) in [5, 5.41) is 12.9. The summed E-state index contributed by atoms with van der Waals surface area (Å²) in [6, 6.07) is 14.9. The molecule has 1 N–H and O–H groups in total. The average molecular weight is 444 g/mol. The van der Waals surface area contributed by atoms with Crippen molar-refractivity contribution in [2.45, 2.75) is 53.5 Å². The SMILES string of the molecule is CCc1ccccc1NC(=O)[C@H](CC)n1nc(C)c2c(C)n(-c3ccc(C)cc3)nc2c1=O. The van der Waals surface area contributed by atoms with E-state index in [4.69, 9.17) is 0 Å². The fourth-order valence-electron chi connectivity index (χ4n) is 4.24. The van der Waals surface area contributed by atoms with Crippen molar-refractivity contribution in [3.63, 3.8) is 0 Å². The third-order valence-corrected chi connectivity index (χ3v) is 6.07. The quantitative estimate of drug-likeness (QED) is 0.470. The van der Waals surface area contributed by atoms with E-state index in [2.05, 4.69) is 15.5 Å². The van der Waals surface area contributed by atoms with Crippen LogP contribution in [-0.4, -0.2) is 25.5 Å². The zero-order valence-corrected chi connectivity index (χ0v) is 19.7. The van der Waals surface area contributed by atoms with Gasteiger partial charge in [-0.25, -0.2) is 9.36 Å². The van der Waals surface area contributed by atoms with E-state index >= 15 is 0 Å². The lowest BCUT2D eigenvalue weighted by Gasteiger charge is -2.18. The molecule has 2 aromatic heterocycles. The number of hydrogen-bond donors (Lipinski definition) is 1. The Kier molecular flexibility index (Phi) is 6.14. The molecule has 1 atom stereocenters. The molecule has 33 heavy (non-hydrogen) atoms. The molecule has 0 spiro atoms. The number of benzene rings is 2. The van der Waals surface area contributed by atoms with Gasteiger partial charge in [-0.15, -0.1) is 0 Å². The van der Waals surface area contributed by atoms with Crippen LogP contribution >= 0.6 is 0 Å². The third-order valence-electron chi connectivity index (χ3n) is 6.07. The molecule has 1 amide bonds. The maximum absolute atomic E-state index is 13.5. The van der Waals surface area contributed by atoms with Crippen LogP contribution in [0.2, 0.25) is 0 Å². The van der Waals surface area contributed by atoms with Gasteiger partial charge in [0.15, 0.2) is 5.52 Å². The number of carbonyl (C=O) groups excluding carboxylic acids is 1. The summed E-state index contributed by atoms with van der Waals surface area (Å²) >= 11 is 0. The molecule has 7 nitrogen and oxygen atoms in total. The van der Waals surface area contributed by atoms with Crippen LogP contribution < -0.4 is 10.9 Å². The Balaban J connectivity index is 1.78. The van der Waals surface area contributed by atoms with Crippen LogP contribution in [0.25, 0.3) is 16.6 Å². The summed E-state index contributed by atoms with van der Waals surface area (Å²) in [6.45, 7) is 9.72. The van der Waals surface area contributed by atoms with Gasteiger partial charge in [-0.3, -0.25) is 9.59 Å². The van der Waals surface area contributed by atoms with Gasteiger partial charge >= 0.3 is 0 Å². The summed E-state index contributed by atoms with van der Waals surface area (Å²) in [7, 11) is 0. The van der Waals surface area contributed by atoms with Crippen LogP contribution in [0.1, 0.15) is 48.8 Å². The molecule has 7 heteroatoms. The molecule has 2 aromatic carbocycles. The monoisotopic (exact) mass is 443 g/mol. The first-order valence-corrected chi connectivity index (χ1v) is 11.3. The Morgan fingerprint density at radius 1 is 1.00 bits per heavy atom. The molecule has 0 saturated heterocycles. The predicted octanol–water partition coefficient (Wildman–Crippen LogP) is 4.66. The molecule has 0 bridgehead atoms. The zero-order valence-electron chi connectivity index (χ0n) is 19.7. The van der Waals surface area contributed by atoms with Gasteiger partial charge < -0.3 is 5.32 Å². The molecule has 170 valence electrons. The van der Waals surface area contributed by atoms with Crippen molar-refractivity contribution in [1.29, 1.82) is 0 Å². The molecular formula is C26H29N5O2. The number of aryl methyl sites for hydroxylation is 4. The smallest absolute Gasteiger partial charge is 0.295 e. The summed E-state index contributed by atoms with van der Waals surface area (Å²) < 4.78 is 3.05. The largest absolute Gasteiger partial charge is 0.324 e. The third kappa shape index (κ3) is 4.06. The Hall–Kier alpha value is -3.74. The first kappa shape index (κ1) is 22.5. The Bertz CT molecular complexity index is 1380. The number of nitrogens with zero attached hydrogens (tertiary/aromatic N) is 4. The molecule has 4 aromatic rings. The van der Waals surface area contributed by atoms with Crippen molar-refractivity contribution in [2.75, 3.05) is 5.32 Å². The first-order valence-electron chi connectivity index (χ1n) is 11.3. The van der Waals surface area contributed by atoms with E-state index in [-0.39, 0.29) is 11.5 Å². The maximum Gasteiger partial charge on any atom is 0.295 e. The number of fused-ring (bicyclic) bond motifs is 1. The molecule has 4 rings (SSSR count). The van der Waals surface area contributed by atoms with Gasteiger partial charge in [-0.2, -0.15) is 10.2 Å². The van der Waals surface area contributed by atoms with Crippen LogP contribution in [0, 0.1) is 20.8 Å². The van der Waals surface area contributed by atoms with E-state index in [0.717, 1.165) is 40.0 Å². The van der Waals surface area contributed by atoms with Crippen LogP contribution in [0.5, 0.6) is 0 Å². The lowest BCUT2D eigenvalue weighted by Crippen LogP contribution is -2.35. The Labute approximate surface area is 193 Å². The van der Waals surface area contributed by atoms with Crippen molar-refractivity contribution in [2.24, 2.45) is 0 Å². The molecule has 2 heterocycles. The van der Waals surface area contributed by atoms with Gasteiger partial charge in [0.05, 0.1) is 22.5 Å². The van der Waals surface area contributed by atoms with Gasteiger partial charge in [0.2, 0.25) is 5.91 Å². The number of carbonyl (C=O) groups is 1. The van der Waals surface area contributed by atoms with E-state index in [1.807, 2.05) is 83.1 Å². The maximum atomic E-state index is 13.5. The molecule has 0 aliphatic heterocycles. The summed E-state index contributed by atoms with van der Waals surface area (Å²) in [5.74, 6) is -0.263.